The Balaban J connectivity index is 2.45. The van der Waals surface area contributed by atoms with Gasteiger partial charge in [-0.05, 0) is 63.4 Å². The molecule has 1 saturated carbocycles. The average Bonchev–Trinajstić information content (AvgIpc) is 3.12. The topological polar surface area (TPSA) is 63.5 Å². The van der Waals surface area contributed by atoms with E-state index in [1.54, 1.807) is 18.6 Å². The second-order valence-electron chi connectivity index (χ2n) is 9.83. The van der Waals surface area contributed by atoms with Crippen LogP contribution in [0.5, 0.6) is 0 Å². The van der Waals surface area contributed by atoms with Crippen molar-refractivity contribution in [3.63, 3.8) is 0 Å². The molecule has 1 N–H and O–H groups in total. The number of hydrogen-bond acceptors (Lipinski definition) is 3. The number of nitrogens with one attached hydrogen (secondary N) is 1. The summed E-state index contributed by atoms with van der Waals surface area (Å²) in [6.07, 6.45) is 6.69. The van der Waals surface area contributed by atoms with E-state index in [1.165, 1.54) is 0 Å². The molecule has 158 valence electrons. The minimum absolute atomic E-state index is 0.0202. The molecule has 1 aromatic rings. The van der Waals surface area contributed by atoms with Crippen molar-refractivity contribution in [1.29, 1.82) is 0 Å². The smallest absolute Gasteiger partial charge is 0.253 e. The molecule has 5 nitrogen and oxygen atoms in total. The van der Waals surface area contributed by atoms with Crippen molar-refractivity contribution in [2.75, 3.05) is 7.05 Å². The number of carbonyl (C=O) groups is 2. The number of aromatic nitrogens is 1. The van der Waals surface area contributed by atoms with Gasteiger partial charge in [-0.25, -0.2) is 4.99 Å². The third kappa shape index (κ3) is 4.12. The lowest BCUT2D eigenvalue weighted by molar-refractivity contribution is -0.136. The Labute approximate surface area is 173 Å². The van der Waals surface area contributed by atoms with Crippen molar-refractivity contribution in [3.05, 3.63) is 16.4 Å². The molecule has 1 aromatic heterocycles. The number of rotatable bonds is 5. The van der Waals surface area contributed by atoms with Crippen LogP contribution in [0.3, 0.4) is 0 Å². The predicted octanol–water partition coefficient (Wildman–Crippen LogP) is 4.26. The highest BCUT2D eigenvalue weighted by atomic mass is 32.1. The Morgan fingerprint density at radius 1 is 1.32 bits per heavy atom. The molecule has 0 aliphatic heterocycles. The van der Waals surface area contributed by atoms with Gasteiger partial charge in [-0.1, -0.05) is 34.1 Å². The normalized spacial score (nSPS) is 25.1. The fraction of sp³-hybridized carbons (Fsp3) is 0.773. The summed E-state index contributed by atoms with van der Waals surface area (Å²) in [6.45, 7) is 14.7. The fourth-order valence-corrected chi connectivity index (χ4v) is 5.10. The number of carbonyl (C=O) groups excluding carboxylic acids is 2. The second-order valence-corrected chi connectivity index (χ2v) is 10.8. The summed E-state index contributed by atoms with van der Waals surface area (Å²) in [7, 11) is 1.66. The van der Waals surface area contributed by atoms with Gasteiger partial charge in [0.1, 0.15) is 4.67 Å². The molecule has 1 aliphatic rings. The molecule has 0 aromatic carbocycles. The van der Waals surface area contributed by atoms with Gasteiger partial charge in [-0.3, -0.25) is 13.5 Å². The van der Waals surface area contributed by atoms with Gasteiger partial charge >= 0.3 is 0 Å². The Kier molecular flexibility index (Phi) is 6.64. The number of nitrogens with zero attached hydrogens (tertiary/aromatic N) is 2. The van der Waals surface area contributed by atoms with Crippen molar-refractivity contribution in [1.82, 2.24) is 9.27 Å². The summed E-state index contributed by atoms with van der Waals surface area (Å²) in [5.74, 6) is -0.236. The number of amides is 2. The highest BCUT2D eigenvalue weighted by Gasteiger charge is 2.57. The first-order valence-electron chi connectivity index (χ1n) is 10.4. The second kappa shape index (κ2) is 8.13. The molecule has 0 bridgehead atoms. The first-order chi connectivity index (χ1) is 12.9. The SMILES string of the molecule is CCCCc1cn(C(C)(C)C)s/c1=N\C(=O)C1(C)CCC(C(=O)NC)C1(C)C. The van der Waals surface area contributed by atoms with Crippen LogP contribution in [0, 0.1) is 16.7 Å². The molecule has 0 spiro atoms. The van der Waals surface area contributed by atoms with Gasteiger partial charge in [0.25, 0.3) is 5.91 Å². The van der Waals surface area contributed by atoms with Crippen LogP contribution in [0.1, 0.15) is 79.7 Å². The highest BCUT2D eigenvalue weighted by molar-refractivity contribution is 7.04. The van der Waals surface area contributed by atoms with Gasteiger partial charge < -0.3 is 5.32 Å². The van der Waals surface area contributed by atoms with E-state index in [9.17, 15) is 9.59 Å². The minimum Gasteiger partial charge on any atom is -0.359 e. The third-order valence-electron chi connectivity index (χ3n) is 6.66. The van der Waals surface area contributed by atoms with E-state index >= 15 is 0 Å². The van der Waals surface area contributed by atoms with Crippen LogP contribution in [0.25, 0.3) is 0 Å². The molecular formula is C22H37N3O2S. The van der Waals surface area contributed by atoms with Crippen LogP contribution >= 0.6 is 11.5 Å². The van der Waals surface area contributed by atoms with E-state index < -0.39 is 10.8 Å². The summed E-state index contributed by atoms with van der Waals surface area (Å²) in [5, 5.41) is 2.76. The first-order valence-corrected chi connectivity index (χ1v) is 11.2. The molecule has 0 radical (unpaired) electrons. The van der Waals surface area contributed by atoms with Gasteiger partial charge in [-0.15, -0.1) is 0 Å². The van der Waals surface area contributed by atoms with Crippen molar-refractivity contribution in [3.8, 4) is 0 Å². The van der Waals surface area contributed by atoms with Crippen LogP contribution in [-0.4, -0.2) is 22.8 Å². The zero-order chi connectivity index (χ0) is 21.3. The molecule has 2 unspecified atom stereocenters. The van der Waals surface area contributed by atoms with Gasteiger partial charge in [0, 0.05) is 30.3 Å². The lowest BCUT2D eigenvalue weighted by atomic mass is 9.65. The third-order valence-corrected chi connectivity index (χ3v) is 8.03. The van der Waals surface area contributed by atoms with Crippen LogP contribution in [-0.2, 0) is 21.5 Å². The van der Waals surface area contributed by atoms with E-state index in [0.717, 1.165) is 35.9 Å². The lowest BCUT2D eigenvalue weighted by Crippen LogP contribution is -2.44. The molecule has 1 fully saturated rings. The molecule has 28 heavy (non-hydrogen) atoms. The van der Waals surface area contributed by atoms with E-state index in [-0.39, 0.29) is 23.3 Å². The van der Waals surface area contributed by atoms with Crippen LogP contribution in [0.4, 0.5) is 0 Å². The predicted molar refractivity (Wildman–Crippen MR) is 115 cm³/mol. The first kappa shape index (κ1) is 22.9. The molecule has 0 saturated heterocycles. The largest absolute Gasteiger partial charge is 0.359 e. The zero-order valence-corrected chi connectivity index (χ0v) is 19.6. The van der Waals surface area contributed by atoms with Gasteiger partial charge in [0.05, 0.1) is 5.41 Å². The molecule has 2 amide bonds. The molecule has 2 atom stereocenters. The average molecular weight is 408 g/mol. The van der Waals surface area contributed by atoms with E-state index in [0.29, 0.717) is 6.42 Å². The summed E-state index contributed by atoms with van der Waals surface area (Å²) >= 11 is 1.56. The maximum Gasteiger partial charge on any atom is 0.253 e. The number of hydrogen-bond donors (Lipinski definition) is 1. The molecule has 1 heterocycles. The van der Waals surface area contributed by atoms with Crippen molar-refractivity contribution in [2.24, 2.45) is 21.7 Å². The summed E-state index contributed by atoms with van der Waals surface area (Å²) < 4.78 is 3.02. The Morgan fingerprint density at radius 3 is 2.50 bits per heavy atom. The summed E-state index contributed by atoms with van der Waals surface area (Å²) in [6, 6.07) is 0. The Hall–Kier alpha value is -1.43. The summed E-state index contributed by atoms with van der Waals surface area (Å²) in [4.78, 5) is 30.4. The standard InChI is InChI=1S/C22H37N3O2S/c1-9-10-11-15-14-25(20(2,3)4)28-18(15)24-19(27)22(7)13-12-16(17(26)23-8)21(22,5)6/h14,16H,9-13H2,1-8H3,(H,23,26)/b24-18-. The minimum atomic E-state index is -0.636. The van der Waals surface area contributed by atoms with Gasteiger partial charge in [-0.2, -0.15) is 0 Å². The number of unbranched alkanes of at least 4 members (excludes halogenated alkanes) is 1. The molecular weight excluding hydrogens is 370 g/mol. The quantitative estimate of drug-likeness (QED) is 0.792. The molecule has 2 rings (SSSR count). The monoisotopic (exact) mass is 407 g/mol. The fourth-order valence-electron chi connectivity index (χ4n) is 4.07. The van der Waals surface area contributed by atoms with Crippen molar-refractivity contribution in [2.45, 2.75) is 86.1 Å². The van der Waals surface area contributed by atoms with Crippen molar-refractivity contribution < 1.29 is 9.59 Å². The van der Waals surface area contributed by atoms with Crippen LogP contribution < -0.4 is 9.99 Å². The van der Waals surface area contributed by atoms with Gasteiger partial charge in [0.15, 0.2) is 0 Å². The molecule has 1 aliphatic carbocycles. The van der Waals surface area contributed by atoms with E-state index in [4.69, 9.17) is 0 Å². The van der Waals surface area contributed by atoms with Crippen LogP contribution in [0.2, 0.25) is 0 Å². The van der Waals surface area contributed by atoms with E-state index in [1.807, 2.05) is 20.8 Å². The van der Waals surface area contributed by atoms with Gasteiger partial charge in [0.2, 0.25) is 5.91 Å². The van der Waals surface area contributed by atoms with Crippen molar-refractivity contribution >= 4 is 23.3 Å². The Morgan fingerprint density at radius 2 is 1.96 bits per heavy atom. The lowest BCUT2D eigenvalue weighted by Gasteiger charge is -2.38. The zero-order valence-electron chi connectivity index (χ0n) is 18.8. The molecule has 6 heteroatoms. The number of aryl methyl sites for hydroxylation is 1. The summed E-state index contributed by atoms with van der Waals surface area (Å²) in [5.41, 5.74) is 0.0398. The Bertz CT molecular complexity index is 797. The van der Waals surface area contributed by atoms with Crippen LogP contribution in [0.15, 0.2) is 11.2 Å². The highest BCUT2D eigenvalue weighted by Crippen LogP contribution is 2.56. The maximum absolute atomic E-state index is 13.4. The van der Waals surface area contributed by atoms with E-state index in [2.05, 4.69) is 48.2 Å². The maximum atomic E-state index is 13.4.